The zero-order valence-corrected chi connectivity index (χ0v) is 14.1. The lowest BCUT2D eigenvalue weighted by atomic mass is 10.00. The SMILES string of the molecule is O=C(O)C1CCCCCCCCCCCCCOONNNC1. The third-order valence-corrected chi connectivity index (χ3v) is 4.22. The summed E-state index contributed by atoms with van der Waals surface area (Å²) in [5.41, 5.74) is 7.77. The number of aliphatic carboxylic acids is 1. The Balaban J connectivity index is 2.22. The second-order valence-corrected chi connectivity index (χ2v) is 6.23. The Bertz CT molecular complexity index is 272. The molecule has 0 radical (unpaired) electrons. The number of nitrogens with one attached hydrogen (secondary N) is 3. The Kier molecular flexibility index (Phi) is 13.1. The van der Waals surface area contributed by atoms with E-state index >= 15 is 0 Å². The minimum atomic E-state index is -0.765. The summed E-state index contributed by atoms with van der Waals surface area (Å²) in [6.45, 7) is 0.887. The van der Waals surface area contributed by atoms with Gasteiger partial charge in [0.15, 0.2) is 0 Å². The van der Waals surface area contributed by atoms with Crippen molar-refractivity contribution in [2.75, 3.05) is 13.2 Å². The molecule has 0 aromatic rings. The standard InChI is InChI=1S/C16H33N3O4/c20-16(21)15-12-10-8-6-4-2-1-3-5-7-9-11-13-22-23-19-18-17-14-15/h15,17-19H,1-14H2,(H,20,21). The van der Waals surface area contributed by atoms with Gasteiger partial charge >= 0.3 is 5.97 Å². The van der Waals surface area contributed by atoms with Crippen LogP contribution in [-0.2, 0) is 14.7 Å². The van der Waals surface area contributed by atoms with Crippen molar-refractivity contribution in [3.05, 3.63) is 0 Å². The van der Waals surface area contributed by atoms with Gasteiger partial charge in [0.05, 0.1) is 12.5 Å². The molecule has 1 atom stereocenters. The average molecular weight is 331 g/mol. The van der Waals surface area contributed by atoms with Gasteiger partial charge in [-0.25, -0.2) is 10.3 Å². The average Bonchev–Trinajstić information content (AvgIpc) is 2.53. The lowest BCUT2D eigenvalue weighted by Crippen LogP contribution is -2.46. The first-order chi connectivity index (χ1) is 11.3. The van der Waals surface area contributed by atoms with Crippen LogP contribution in [-0.4, -0.2) is 24.2 Å². The Hall–Kier alpha value is -0.730. The Morgan fingerprint density at radius 3 is 2.04 bits per heavy atom. The van der Waals surface area contributed by atoms with Crippen LogP contribution in [0.5, 0.6) is 0 Å². The number of carboxylic acids is 1. The van der Waals surface area contributed by atoms with Gasteiger partial charge in [-0.1, -0.05) is 69.8 Å². The summed E-state index contributed by atoms with van der Waals surface area (Å²) in [6, 6.07) is 0. The normalized spacial score (nSPS) is 25.5. The first-order valence-corrected chi connectivity index (χ1v) is 9.05. The van der Waals surface area contributed by atoms with Crippen LogP contribution in [0.1, 0.15) is 77.0 Å². The number of carbonyl (C=O) groups is 1. The third-order valence-electron chi connectivity index (χ3n) is 4.22. The zero-order valence-electron chi connectivity index (χ0n) is 14.1. The predicted octanol–water partition coefficient (Wildman–Crippen LogP) is 2.84. The molecule has 136 valence electrons. The first-order valence-electron chi connectivity index (χ1n) is 9.05. The fraction of sp³-hybridized carbons (Fsp3) is 0.938. The summed E-state index contributed by atoms with van der Waals surface area (Å²) in [5, 5.41) is 9.21. The van der Waals surface area contributed by atoms with Gasteiger partial charge in [-0.2, -0.15) is 5.53 Å². The quantitative estimate of drug-likeness (QED) is 0.549. The van der Waals surface area contributed by atoms with Crippen molar-refractivity contribution >= 4 is 5.97 Å². The van der Waals surface area contributed by atoms with Crippen molar-refractivity contribution in [3.63, 3.8) is 0 Å². The summed E-state index contributed by atoms with van der Waals surface area (Å²) in [7, 11) is 0. The van der Waals surface area contributed by atoms with Gasteiger partial charge in [0, 0.05) is 6.54 Å². The van der Waals surface area contributed by atoms with Crippen LogP contribution < -0.4 is 16.5 Å². The van der Waals surface area contributed by atoms with E-state index in [9.17, 15) is 9.90 Å². The van der Waals surface area contributed by atoms with Gasteiger partial charge in [-0.05, 0) is 12.8 Å². The van der Waals surface area contributed by atoms with E-state index < -0.39 is 11.9 Å². The highest BCUT2D eigenvalue weighted by molar-refractivity contribution is 5.70. The van der Waals surface area contributed by atoms with Crippen molar-refractivity contribution in [1.29, 1.82) is 0 Å². The second-order valence-electron chi connectivity index (χ2n) is 6.23. The first kappa shape index (κ1) is 20.3. The molecule has 7 heteroatoms. The summed E-state index contributed by atoms with van der Waals surface area (Å²) in [6.07, 6.45) is 13.9. The Morgan fingerprint density at radius 2 is 1.43 bits per heavy atom. The summed E-state index contributed by atoms with van der Waals surface area (Å²) >= 11 is 0. The lowest BCUT2D eigenvalue weighted by molar-refractivity contribution is -0.348. The lowest BCUT2D eigenvalue weighted by Gasteiger charge is -2.14. The number of hydrogen-bond donors (Lipinski definition) is 4. The van der Waals surface area contributed by atoms with Crippen LogP contribution in [0.15, 0.2) is 0 Å². The summed E-state index contributed by atoms with van der Waals surface area (Å²) < 4.78 is 0. The molecule has 0 aromatic heterocycles. The van der Waals surface area contributed by atoms with E-state index in [2.05, 4.69) is 16.5 Å². The fourth-order valence-electron chi connectivity index (χ4n) is 2.76. The number of carboxylic acid groups (broad SMARTS) is 1. The van der Waals surface area contributed by atoms with Crippen molar-refractivity contribution in [2.45, 2.75) is 77.0 Å². The predicted molar refractivity (Wildman–Crippen MR) is 87.8 cm³/mol. The Labute approximate surface area is 139 Å². The van der Waals surface area contributed by atoms with Crippen LogP contribution in [0.2, 0.25) is 0 Å². The van der Waals surface area contributed by atoms with E-state index in [0.717, 1.165) is 25.7 Å². The molecule has 0 saturated carbocycles. The van der Waals surface area contributed by atoms with E-state index in [4.69, 9.17) is 9.88 Å². The largest absolute Gasteiger partial charge is 0.481 e. The van der Waals surface area contributed by atoms with Gasteiger partial charge in [0.1, 0.15) is 0 Å². The topological polar surface area (TPSA) is 91.9 Å². The van der Waals surface area contributed by atoms with Crippen molar-refractivity contribution < 1.29 is 19.8 Å². The smallest absolute Gasteiger partial charge is 0.307 e. The van der Waals surface area contributed by atoms with Crippen molar-refractivity contribution in [3.8, 4) is 0 Å². The van der Waals surface area contributed by atoms with E-state index in [-0.39, 0.29) is 0 Å². The zero-order chi connectivity index (χ0) is 16.6. The van der Waals surface area contributed by atoms with Crippen LogP contribution in [0, 0.1) is 5.92 Å². The monoisotopic (exact) mass is 331 g/mol. The molecule has 1 unspecified atom stereocenters. The molecule has 7 nitrogen and oxygen atoms in total. The molecule has 0 bridgehead atoms. The highest BCUT2D eigenvalue weighted by atomic mass is 17.3. The molecule has 1 heterocycles. The van der Waals surface area contributed by atoms with Crippen molar-refractivity contribution in [1.82, 2.24) is 16.5 Å². The van der Waals surface area contributed by atoms with E-state index in [1.54, 1.807) is 0 Å². The van der Waals surface area contributed by atoms with Gasteiger partial charge in [-0.15, -0.1) is 4.99 Å². The molecule has 0 aliphatic carbocycles. The molecule has 1 saturated heterocycles. The molecule has 0 spiro atoms. The molecular formula is C16H33N3O4. The van der Waals surface area contributed by atoms with Crippen LogP contribution >= 0.6 is 0 Å². The molecule has 4 N–H and O–H groups in total. The molecule has 0 aromatic carbocycles. The van der Waals surface area contributed by atoms with Gasteiger partial charge in [0.2, 0.25) is 0 Å². The minimum absolute atomic E-state index is 0.339. The minimum Gasteiger partial charge on any atom is -0.481 e. The number of hydrazine groups is 2. The van der Waals surface area contributed by atoms with Crippen LogP contribution in [0.4, 0.5) is 0 Å². The fourth-order valence-corrected chi connectivity index (χ4v) is 2.76. The second kappa shape index (κ2) is 14.8. The van der Waals surface area contributed by atoms with E-state index in [1.165, 1.54) is 44.9 Å². The molecule has 0 amide bonds. The maximum atomic E-state index is 11.2. The molecule has 1 aliphatic heterocycles. The van der Waals surface area contributed by atoms with Crippen LogP contribution in [0.3, 0.4) is 0 Å². The summed E-state index contributed by atoms with van der Waals surface area (Å²) in [5.74, 6) is -1.16. The van der Waals surface area contributed by atoms with E-state index in [0.29, 0.717) is 19.6 Å². The molecular weight excluding hydrogens is 298 g/mol. The Morgan fingerprint density at radius 1 is 0.870 bits per heavy atom. The molecule has 1 aliphatic rings. The maximum Gasteiger partial charge on any atom is 0.307 e. The third kappa shape index (κ3) is 12.4. The molecule has 1 fully saturated rings. The molecule has 23 heavy (non-hydrogen) atoms. The maximum absolute atomic E-state index is 11.2. The number of rotatable bonds is 1. The number of hydrogen-bond acceptors (Lipinski definition) is 6. The van der Waals surface area contributed by atoms with E-state index in [1.807, 2.05) is 0 Å². The van der Waals surface area contributed by atoms with Gasteiger partial charge in [-0.3, -0.25) is 4.79 Å². The summed E-state index contributed by atoms with van der Waals surface area (Å²) in [4.78, 5) is 20.9. The van der Waals surface area contributed by atoms with Gasteiger partial charge < -0.3 is 5.11 Å². The van der Waals surface area contributed by atoms with Crippen molar-refractivity contribution in [2.24, 2.45) is 5.92 Å². The highest BCUT2D eigenvalue weighted by Gasteiger charge is 2.16. The highest BCUT2D eigenvalue weighted by Crippen LogP contribution is 2.14. The van der Waals surface area contributed by atoms with Gasteiger partial charge in [0.25, 0.3) is 0 Å². The molecule has 1 rings (SSSR count). The van der Waals surface area contributed by atoms with Crippen LogP contribution in [0.25, 0.3) is 0 Å².